The van der Waals surface area contributed by atoms with Crippen LogP contribution in [0.2, 0.25) is 0 Å². The number of ether oxygens (including phenoxy) is 1. The van der Waals surface area contributed by atoms with Crippen LogP contribution in [0, 0.1) is 5.82 Å². The van der Waals surface area contributed by atoms with Crippen molar-refractivity contribution in [2.75, 3.05) is 24.2 Å². The molecule has 0 aliphatic carbocycles. The van der Waals surface area contributed by atoms with Crippen molar-refractivity contribution >= 4 is 27.5 Å². The van der Waals surface area contributed by atoms with Crippen LogP contribution in [-0.2, 0) is 32.6 Å². The summed E-state index contributed by atoms with van der Waals surface area (Å²) in [7, 11) is -2.10. The van der Waals surface area contributed by atoms with Crippen LogP contribution in [0.4, 0.5) is 10.1 Å². The zero-order chi connectivity index (χ0) is 30.7. The van der Waals surface area contributed by atoms with Crippen LogP contribution in [-0.4, -0.2) is 57.1 Å². The average Bonchev–Trinajstić information content (AvgIpc) is 2.97. The van der Waals surface area contributed by atoms with E-state index in [0.29, 0.717) is 17.0 Å². The highest BCUT2D eigenvalue weighted by Crippen LogP contribution is 2.23. The van der Waals surface area contributed by atoms with Gasteiger partial charge in [-0.15, -0.1) is 0 Å². The first-order valence-electron chi connectivity index (χ1n) is 14.0. The average molecular weight is 598 g/mol. The van der Waals surface area contributed by atoms with Gasteiger partial charge in [0, 0.05) is 32.0 Å². The molecule has 0 aliphatic heterocycles. The van der Waals surface area contributed by atoms with Gasteiger partial charge in [-0.1, -0.05) is 49.4 Å². The van der Waals surface area contributed by atoms with Crippen LogP contribution < -0.4 is 14.4 Å². The number of anilines is 1. The monoisotopic (exact) mass is 597 g/mol. The molecule has 1 N–H and O–H groups in total. The number of nitrogens with one attached hydrogen (secondary N) is 1. The van der Waals surface area contributed by atoms with Crippen molar-refractivity contribution in [3.63, 3.8) is 0 Å². The highest BCUT2D eigenvalue weighted by atomic mass is 32.2. The third-order valence-electron chi connectivity index (χ3n) is 7.05. The van der Waals surface area contributed by atoms with E-state index in [1.807, 2.05) is 44.2 Å². The molecule has 226 valence electrons. The van der Waals surface area contributed by atoms with Gasteiger partial charge in [0.05, 0.1) is 19.1 Å². The smallest absolute Gasteiger partial charge is 0.243 e. The molecule has 3 rings (SSSR count). The lowest BCUT2D eigenvalue weighted by Crippen LogP contribution is -2.52. The zero-order valence-corrected chi connectivity index (χ0v) is 25.4. The summed E-state index contributed by atoms with van der Waals surface area (Å²) in [4.78, 5) is 29.0. The molecule has 3 aromatic rings. The van der Waals surface area contributed by atoms with Gasteiger partial charge in [0.25, 0.3) is 0 Å². The van der Waals surface area contributed by atoms with Gasteiger partial charge in [0.1, 0.15) is 17.6 Å². The second-order valence-corrected chi connectivity index (χ2v) is 12.2. The van der Waals surface area contributed by atoms with Crippen LogP contribution in [0.15, 0.2) is 78.9 Å². The van der Waals surface area contributed by atoms with Crippen molar-refractivity contribution in [1.82, 2.24) is 10.2 Å². The molecule has 0 saturated heterocycles. The number of sulfonamides is 1. The second kappa shape index (κ2) is 15.3. The Labute approximate surface area is 248 Å². The van der Waals surface area contributed by atoms with Crippen LogP contribution in [0.3, 0.4) is 0 Å². The molecular formula is C32H40FN3O5S. The summed E-state index contributed by atoms with van der Waals surface area (Å²) >= 11 is 0. The van der Waals surface area contributed by atoms with Crippen LogP contribution in [0.25, 0.3) is 0 Å². The lowest BCUT2D eigenvalue weighted by Gasteiger charge is -2.32. The summed E-state index contributed by atoms with van der Waals surface area (Å²) in [5, 5.41) is 3.01. The van der Waals surface area contributed by atoms with E-state index in [-0.39, 0.29) is 50.2 Å². The van der Waals surface area contributed by atoms with E-state index in [2.05, 4.69) is 5.32 Å². The molecule has 0 fully saturated rings. The van der Waals surface area contributed by atoms with Crippen molar-refractivity contribution in [2.24, 2.45) is 0 Å². The third-order valence-corrected chi connectivity index (χ3v) is 8.24. The standard InChI is InChI=1S/C32H40FN3O5S/c1-5-24(2)34-32(38)30(22-25-10-7-6-8-11-25)35(23-26-13-15-27(33)16-14-26)31(37)12-9-21-36(42(4,39)40)28-17-19-29(41-3)20-18-28/h6-8,10-11,13-20,24,30H,5,9,12,21-23H2,1-4H3,(H,34,38)/t24-,30+/m1/s1. The number of carbonyl (C=O) groups is 2. The van der Waals surface area contributed by atoms with E-state index in [9.17, 15) is 22.4 Å². The molecule has 0 bridgehead atoms. The Kier molecular flexibility index (Phi) is 11.9. The molecule has 0 heterocycles. The Bertz CT molecular complexity index is 1400. The Hall–Kier alpha value is -3.92. The van der Waals surface area contributed by atoms with Gasteiger partial charge < -0.3 is 15.0 Å². The minimum atomic E-state index is -3.63. The number of carbonyl (C=O) groups excluding carboxylic acids is 2. The molecule has 10 heteroatoms. The van der Waals surface area contributed by atoms with Gasteiger partial charge in [0.2, 0.25) is 21.8 Å². The first kappa shape index (κ1) is 32.6. The Morgan fingerprint density at radius 3 is 2.17 bits per heavy atom. The Morgan fingerprint density at radius 2 is 1.60 bits per heavy atom. The molecule has 0 radical (unpaired) electrons. The molecule has 2 amide bonds. The topological polar surface area (TPSA) is 96.0 Å². The molecule has 42 heavy (non-hydrogen) atoms. The predicted molar refractivity (Wildman–Crippen MR) is 163 cm³/mol. The number of hydrogen-bond donors (Lipinski definition) is 1. The molecule has 0 saturated carbocycles. The summed E-state index contributed by atoms with van der Waals surface area (Å²) in [5.41, 5.74) is 2.03. The van der Waals surface area contributed by atoms with Gasteiger partial charge in [0.15, 0.2) is 0 Å². The van der Waals surface area contributed by atoms with E-state index >= 15 is 0 Å². The maximum absolute atomic E-state index is 13.8. The van der Waals surface area contributed by atoms with E-state index in [1.165, 1.54) is 28.4 Å². The van der Waals surface area contributed by atoms with E-state index in [4.69, 9.17) is 4.74 Å². The summed E-state index contributed by atoms with van der Waals surface area (Å²) in [5.74, 6) is -0.382. The third kappa shape index (κ3) is 9.58. The highest BCUT2D eigenvalue weighted by Gasteiger charge is 2.31. The van der Waals surface area contributed by atoms with Crippen molar-refractivity contribution in [2.45, 2.75) is 58.2 Å². The number of rotatable bonds is 15. The molecule has 0 spiro atoms. The van der Waals surface area contributed by atoms with Gasteiger partial charge >= 0.3 is 0 Å². The number of benzene rings is 3. The Morgan fingerprint density at radius 1 is 0.952 bits per heavy atom. The van der Waals surface area contributed by atoms with Crippen molar-refractivity contribution < 1.29 is 27.1 Å². The minimum Gasteiger partial charge on any atom is -0.497 e. The fraction of sp³-hybridized carbons (Fsp3) is 0.375. The second-order valence-electron chi connectivity index (χ2n) is 10.3. The van der Waals surface area contributed by atoms with Gasteiger partial charge in [-0.2, -0.15) is 0 Å². The normalized spacial score (nSPS) is 12.7. The minimum absolute atomic E-state index is 0.00523. The fourth-order valence-corrected chi connectivity index (χ4v) is 5.50. The van der Waals surface area contributed by atoms with Gasteiger partial charge in [-0.05, 0) is 67.3 Å². The molecule has 8 nitrogen and oxygen atoms in total. The van der Waals surface area contributed by atoms with Gasteiger partial charge in [-0.3, -0.25) is 13.9 Å². The van der Waals surface area contributed by atoms with E-state index < -0.39 is 21.9 Å². The number of hydrogen-bond acceptors (Lipinski definition) is 5. The van der Waals surface area contributed by atoms with Crippen LogP contribution >= 0.6 is 0 Å². The largest absolute Gasteiger partial charge is 0.497 e. The summed E-state index contributed by atoms with van der Waals surface area (Å²) < 4.78 is 45.3. The first-order valence-corrected chi connectivity index (χ1v) is 15.9. The molecule has 2 atom stereocenters. The fourth-order valence-electron chi connectivity index (χ4n) is 4.53. The number of nitrogens with zero attached hydrogens (tertiary/aromatic N) is 2. The zero-order valence-electron chi connectivity index (χ0n) is 24.6. The summed E-state index contributed by atoms with van der Waals surface area (Å²) in [6, 6.07) is 21.0. The van der Waals surface area contributed by atoms with Crippen molar-refractivity contribution in [3.8, 4) is 5.75 Å². The number of halogens is 1. The lowest BCUT2D eigenvalue weighted by atomic mass is 10.0. The molecule has 0 aromatic heterocycles. The number of amides is 2. The quantitative estimate of drug-likeness (QED) is 0.268. The SMILES string of the molecule is CC[C@@H](C)NC(=O)[C@H](Cc1ccccc1)N(Cc1ccc(F)cc1)C(=O)CCCN(c1ccc(OC)cc1)S(C)(=O)=O. The van der Waals surface area contributed by atoms with Crippen LogP contribution in [0.1, 0.15) is 44.2 Å². The molecule has 3 aromatic carbocycles. The maximum Gasteiger partial charge on any atom is 0.243 e. The van der Waals surface area contributed by atoms with Crippen molar-refractivity contribution in [1.29, 1.82) is 0 Å². The molecule has 0 unspecified atom stereocenters. The molecular weight excluding hydrogens is 557 g/mol. The summed E-state index contributed by atoms with van der Waals surface area (Å²) in [6.07, 6.45) is 2.36. The Balaban J connectivity index is 1.87. The molecule has 0 aliphatic rings. The van der Waals surface area contributed by atoms with E-state index in [1.54, 1.807) is 36.4 Å². The predicted octanol–water partition coefficient (Wildman–Crippen LogP) is 4.94. The van der Waals surface area contributed by atoms with Crippen LogP contribution in [0.5, 0.6) is 5.75 Å². The number of methoxy groups -OCH3 is 1. The maximum atomic E-state index is 13.8. The first-order chi connectivity index (χ1) is 20.0. The van der Waals surface area contributed by atoms with Crippen molar-refractivity contribution in [3.05, 3.63) is 95.8 Å². The lowest BCUT2D eigenvalue weighted by molar-refractivity contribution is -0.141. The van der Waals surface area contributed by atoms with Gasteiger partial charge in [-0.25, -0.2) is 12.8 Å². The summed E-state index contributed by atoms with van der Waals surface area (Å²) in [6.45, 7) is 4.04. The van der Waals surface area contributed by atoms with E-state index in [0.717, 1.165) is 18.2 Å². The highest BCUT2D eigenvalue weighted by molar-refractivity contribution is 7.92.